The standard InChI is InChI=1S/C12H17N3O3/c1-3-13-12(16)6-7-14-10-8-9(2)4-5-11(10)15(17)18/h4-5,8,14H,3,6-7H2,1-2H3,(H,13,16). The summed E-state index contributed by atoms with van der Waals surface area (Å²) in [5.74, 6) is -0.0692. The van der Waals surface area contributed by atoms with Gasteiger partial charge in [0.05, 0.1) is 4.92 Å². The number of carbonyl (C=O) groups is 1. The van der Waals surface area contributed by atoms with E-state index in [0.717, 1.165) is 5.56 Å². The highest BCUT2D eigenvalue weighted by Gasteiger charge is 2.13. The summed E-state index contributed by atoms with van der Waals surface area (Å²) >= 11 is 0. The summed E-state index contributed by atoms with van der Waals surface area (Å²) < 4.78 is 0. The van der Waals surface area contributed by atoms with Crippen molar-refractivity contribution < 1.29 is 9.72 Å². The minimum atomic E-state index is -0.437. The molecule has 0 heterocycles. The van der Waals surface area contributed by atoms with Gasteiger partial charge in [-0.2, -0.15) is 0 Å². The van der Waals surface area contributed by atoms with Gasteiger partial charge in [-0.3, -0.25) is 14.9 Å². The molecule has 2 N–H and O–H groups in total. The number of nitro benzene ring substituents is 1. The molecule has 0 unspecified atom stereocenters. The van der Waals surface area contributed by atoms with Gasteiger partial charge in [-0.15, -0.1) is 0 Å². The van der Waals surface area contributed by atoms with Gasteiger partial charge >= 0.3 is 0 Å². The maximum absolute atomic E-state index is 11.2. The van der Waals surface area contributed by atoms with Crippen molar-refractivity contribution in [2.45, 2.75) is 20.3 Å². The van der Waals surface area contributed by atoms with Crippen LogP contribution in [0.4, 0.5) is 11.4 Å². The second kappa shape index (κ2) is 6.58. The normalized spacial score (nSPS) is 9.89. The van der Waals surface area contributed by atoms with Crippen LogP contribution in [0.5, 0.6) is 0 Å². The van der Waals surface area contributed by atoms with E-state index in [9.17, 15) is 14.9 Å². The van der Waals surface area contributed by atoms with Crippen LogP contribution >= 0.6 is 0 Å². The third-order valence-electron chi connectivity index (χ3n) is 2.39. The summed E-state index contributed by atoms with van der Waals surface area (Å²) in [6, 6.07) is 4.85. The van der Waals surface area contributed by atoms with E-state index < -0.39 is 4.92 Å². The van der Waals surface area contributed by atoms with Crippen molar-refractivity contribution in [3.05, 3.63) is 33.9 Å². The molecular weight excluding hydrogens is 234 g/mol. The van der Waals surface area contributed by atoms with Crippen LogP contribution < -0.4 is 10.6 Å². The van der Waals surface area contributed by atoms with Crippen LogP contribution in [0.15, 0.2) is 18.2 Å². The first-order valence-corrected chi connectivity index (χ1v) is 5.80. The Labute approximate surface area is 106 Å². The van der Waals surface area contributed by atoms with E-state index in [-0.39, 0.29) is 11.6 Å². The lowest BCUT2D eigenvalue weighted by Crippen LogP contribution is -2.24. The summed E-state index contributed by atoms with van der Waals surface area (Å²) in [6.07, 6.45) is 0.291. The molecular formula is C12H17N3O3. The first-order chi connectivity index (χ1) is 8.54. The lowest BCUT2D eigenvalue weighted by Gasteiger charge is -2.07. The minimum Gasteiger partial charge on any atom is -0.379 e. The predicted octanol–water partition coefficient (Wildman–Crippen LogP) is 1.84. The highest BCUT2D eigenvalue weighted by Crippen LogP contribution is 2.24. The molecule has 1 aromatic carbocycles. The minimum absolute atomic E-state index is 0.0245. The molecule has 0 spiro atoms. The molecule has 0 aliphatic carbocycles. The van der Waals surface area contributed by atoms with Crippen LogP contribution in [0.2, 0.25) is 0 Å². The molecule has 0 atom stereocenters. The molecule has 1 rings (SSSR count). The number of rotatable bonds is 6. The summed E-state index contributed by atoms with van der Waals surface area (Å²) in [6.45, 7) is 4.66. The Hall–Kier alpha value is -2.11. The maximum Gasteiger partial charge on any atom is 0.292 e. The number of carbonyl (C=O) groups excluding carboxylic acids is 1. The van der Waals surface area contributed by atoms with Gasteiger partial charge in [0.25, 0.3) is 5.69 Å². The molecule has 0 saturated carbocycles. The smallest absolute Gasteiger partial charge is 0.292 e. The molecule has 6 nitrogen and oxygen atoms in total. The van der Waals surface area contributed by atoms with Crippen LogP contribution in [0, 0.1) is 17.0 Å². The molecule has 0 aliphatic rings. The van der Waals surface area contributed by atoms with Crippen molar-refractivity contribution in [1.29, 1.82) is 0 Å². The first kappa shape index (κ1) is 14.0. The summed E-state index contributed by atoms with van der Waals surface area (Å²) in [5, 5.41) is 16.4. The molecule has 0 aromatic heterocycles. The average molecular weight is 251 g/mol. The van der Waals surface area contributed by atoms with Gasteiger partial charge in [0.15, 0.2) is 0 Å². The van der Waals surface area contributed by atoms with Crippen molar-refractivity contribution in [3.63, 3.8) is 0 Å². The number of nitro groups is 1. The van der Waals surface area contributed by atoms with Gasteiger partial charge in [0, 0.05) is 25.6 Å². The van der Waals surface area contributed by atoms with E-state index in [0.29, 0.717) is 25.2 Å². The highest BCUT2D eigenvalue weighted by molar-refractivity contribution is 5.76. The molecule has 98 valence electrons. The largest absolute Gasteiger partial charge is 0.379 e. The van der Waals surface area contributed by atoms with Crippen molar-refractivity contribution in [1.82, 2.24) is 5.32 Å². The van der Waals surface area contributed by atoms with Crippen LogP contribution in [0.3, 0.4) is 0 Å². The number of benzene rings is 1. The van der Waals surface area contributed by atoms with Crippen LogP contribution in [0.25, 0.3) is 0 Å². The SMILES string of the molecule is CCNC(=O)CCNc1cc(C)ccc1[N+](=O)[O-]. The fourth-order valence-corrected chi connectivity index (χ4v) is 1.55. The zero-order valence-electron chi connectivity index (χ0n) is 10.5. The van der Waals surface area contributed by atoms with Crippen LogP contribution in [-0.2, 0) is 4.79 Å². The number of nitrogens with one attached hydrogen (secondary N) is 2. The van der Waals surface area contributed by atoms with Gasteiger partial charge in [-0.05, 0) is 25.5 Å². The molecule has 1 aromatic rings. The van der Waals surface area contributed by atoms with Gasteiger partial charge in [-0.1, -0.05) is 6.07 Å². The molecule has 0 fully saturated rings. The zero-order chi connectivity index (χ0) is 13.5. The molecule has 0 saturated heterocycles. The number of amides is 1. The number of anilines is 1. The van der Waals surface area contributed by atoms with Gasteiger partial charge < -0.3 is 10.6 Å². The Morgan fingerprint density at radius 1 is 1.44 bits per heavy atom. The lowest BCUT2D eigenvalue weighted by atomic mass is 10.2. The van der Waals surface area contributed by atoms with E-state index in [1.807, 2.05) is 13.8 Å². The fraction of sp³-hybridized carbons (Fsp3) is 0.417. The van der Waals surface area contributed by atoms with Crippen molar-refractivity contribution >= 4 is 17.3 Å². The maximum atomic E-state index is 11.2. The van der Waals surface area contributed by atoms with E-state index in [1.54, 1.807) is 12.1 Å². The van der Waals surface area contributed by atoms with Gasteiger partial charge in [0.1, 0.15) is 5.69 Å². The second-order valence-corrected chi connectivity index (χ2v) is 3.91. The number of hydrogen-bond donors (Lipinski definition) is 2. The van der Waals surface area contributed by atoms with Gasteiger partial charge in [0.2, 0.25) is 5.91 Å². The molecule has 0 radical (unpaired) electrons. The summed E-state index contributed by atoms with van der Waals surface area (Å²) in [4.78, 5) is 21.6. The van der Waals surface area contributed by atoms with Crippen molar-refractivity contribution in [3.8, 4) is 0 Å². The van der Waals surface area contributed by atoms with Crippen molar-refractivity contribution in [2.75, 3.05) is 18.4 Å². The van der Waals surface area contributed by atoms with Crippen LogP contribution in [0.1, 0.15) is 18.9 Å². The molecule has 0 bridgehead atoms. The van der Waals surface area contributed by atoms with Crippen LogP contribution in [-0.4, -0.2) is 23.9 Å². The predicted molar refractivity (Wildman–Crippen MR) is 69.6 cm³/mol. The zero-order valence-corrected chi connectivity index (χ0v) is 10.5. The van der Waals surface area contributed by atoms with E-state index in [1.165, 1.54) is 6.07 Å². The number of hydrogen-bond acceptors (Lipinski definition) is 4. The highest BCUT2D eigenvalue weighted by atomic mass is 16.6. The molecule has 1 amide bonds. The third-order valence-corrected chi connectivity index (χ3v) is 2.39. The Balaban J connectivity index is 2.63. The van der Waals surface area contributed by atoms with E-state index in [4.69, 9.17) is 0 Å². The summed E-state index contributed by atoms with van der Waals surface area (Å²) in [7, 11) is 0. The van der Waals surface area contributed by atoms with Crippen molar-refractivity contribution in [2.24, 2.45) is 0 Å². The fourth-order valence-electron chi connectivity index (χ4n) is 1.55. The summed E-state index contributed by atoms with van der Waals surface area (Å²) in [5.41, 5.74) is 1.40. The second-order valence-electron chi connectivity index (χ2n) is 3.91. The lowest BCUT2D eigenvalue weighted by molar-refractivity contribution is -0.384. The Morgan fingerprint density at radius 2 is 2.17 bits per heavy atom. The first-order valence-electron chi connectivity index (χ1n) is 5.80. The Kier molecular flexibility index (Phi) is 5.10. The number of nitrogens with zero attached hydrogens (tertiary/aromatic N) is 1. The van der Waals surface area contributed by atoms with Gasteiger partial charge in [-0.25, -0.2) is 0 Å². The Morgan fingerprint density at radius 3 is 2.78 bits per heavy atom. The molecule has 6 heteroatoms. The molecule has 18 heavy (non-hydrogen) atoms. The third kappa shape index (κ3) is 4.04. The molecule has 0 aliphatic heterocycles. The average Bonchev–Trinajstić information content (AvgIpc) is 2.29. The number of aryl methyl sites for hydroxylation is 1. The monoisotopic (exact) mass is 251 g/mol. The Bertz CT molecular complexity index is 446. The van der Waals surface area contributed by atoms with E-state index >= 15 is 0 Å². The quantitative estimate of drug-likeness (QED) is 0.597. The topological polar surface area (TPSA) is 84.3 Å². The van der Waals surface area contributed by atoms with E-state index in [2.05, 4.69) is 10.6 Å².